The molecule has 1 fully saturated rings. The third-order valence-corrected chi connectivity index (χ3v) is 6.65. The molecule has 2 atom stereocenters. The van der Waals surface area contributed by atoms with E-state index in [1.54, 1.807) is 0 Å². The van der Waals surface area contributed by atoms with E-state index in [0.717, 1.165) is 36.5 Å². The highest BCUT2D eigenvalue weighted by Gasteiger charge is 2.40. The molecule has 3 aromatic carbocycles. The predicted molar refractivity (Wildman–Crippen MR) is 131 cm³/mol. The summed E-state index contributed by atoms with van der Waals surface area (Å²) in [6.07, 6.45) is 4.35. The number of benzene rings is 3. The van der Waals surface area contributed by atoms with Crippen LogP contribution in [0.2, 0.25) is 0 Å². The van der Waals surface area contributed by atoms with Gasteiger partial charge in [0.15, 0.2) is 0 Å². The van der Waals surface area contributed by atoms with Crippen molar-refractivity contribution in [1.29, 1.82) is 0 Å². The van der Waals surface area contributed by atoms with Crippen molar-refractivity contribution in [3.05, 3.63) is 102 Å². The Kier molecular flexibility index (Phi) is 7.62. The van der Waals surface area contributed by atoms with Crippen molar-refractivity contribution in [2.45, 2.75) is 44.1 Å². The number of hydrogen-bond donors (Lipinski definition) is 1. The van der Waals surface area contributed by atoms with Gasteiger partial charge >= 0.3 is 0 Å². The van der Waals surface area contributed by atoms with Crippen LogP contribution in [0, 0.1) is 0 Å². The summed E-state index contributed by atoms with van der Waals surface area (Å²) in [4.78, 5) is 2.53. The van der Waals surface area contributed by atoms with Crippen LogP contribution in [-0.2, 0) is 12.0 Å². The van der Waals surface area contributed by atoms with Gasteiger partial charge in [-0.15, -0.1) is 0 Å². The maximum atomic E-state index is 12.5. The van der Waals surface area contributed by atoms with Gasteiger partial charge in [0.2, 0.25) is 0 Å². The molecule has 1 N–H and O–H groups in total. The van der Waals surface area contributed by atoms with Crippen molar-refractivity contribution in [1.82, 2.24) is 4.90 Å². The van der Waals surface area contributed by atoms with Crippen LogP contribution in [-0.4, -0.2) is 36.2 Å². The minimum atomic E-state index is -1.04. The smallest absolute Gasteiger partial charge is 0.119 e. The highest BCUT2D eigenvalue weighted by Crippen LogP contribution is 2.41. The van der Waals surface area contributed by atoms with Crippen LogP contribution >= 0.6 is 0 Å². The Balaban J connectivity index is 1.76. The lowest BCUT2D eigenvalue weighted by atomic mass is 9.73. The molecule has 0 unspecified atom stereocenters. The van der Waals surface area contributed by atoms with Gasteiger partial charge in [-0.3, -0.25) is 0 Å². The van der Waals surface area contributed by atoms with Crippen molar-refractivity contribution in [3.8, 4) is 5.75 Å². The maximum Gasteiger partial charge on any atom is 0.119 e. The van der Waals surface area contributed by atoms with Crippen LogP contribution in [0.15, 0.2) is 84.9 Å². The molecular weight excluding hydrogens is 394 g/mol. The molecule has 0 saturated carbocycles. The van der Waals surface area contributed by atoms with E-state index in [9.17, 15) is 5.11 Å². The zero-order valence-electron chi connectivity index (χ0n) is 19.1. The second kappa shape index (κ2) is 10.8. The van der Waals surface area contributed by atoms with Crippen LogP contribution in [0.25, 0.3) is 0 Å². The summed E-state index contributed by atoms with van der Waals surface area (Å²) in [5.41, 5.74) is 2.23. The molecule has 1 aliphatic rings. The Morgan fingerprint density at radius 3 is 2.09 bits per heavy atom. The number of rotatable bonds is 9. The van der Waals surface area contributed by atoms with E-state index in [1.807, 2.05) is 37.3 Å². The number of aliphatic hydroxyl groups is 1. The lowest BCUT2D eigenvalue weighted by Crippen LogP contribution is -2.44. The summed E-state index contributed by atoms with van der Waals surface area (Å²) >= 11 is 0. The maximum absolute atomic E-state index is 12.5. The molecule has 32 heavy (non-hydrogen) atoms. The Labute approximate surface area is 192 Å². The summed E-state index contributed by atoms with van der Waals surface area (Å²) in [5.74, 6) is 0.797. The van der Waals surface area contributed by atoms with E-state index >= 15 is 0 Å². The molecule has 0 spiro atoms. The molecule has 1 saturated heterocycles. The molecule has 0 radical (unpaired) electrons. The molecule has 1 aliphatic heterocycles. The highest BCUT2D eigenvalue weighted by atomic mass is 16.5. The summed E-state index contributed by atoms with van der Waals surface area (Å²) < 4.78 is 5.67. The first-order valence-corrected chi connectivity index (χ1v) is 12.0. The van der Waals surface area contributed by atoms with Gasteiger partial charge in [0, 0.05) is 18.9 Å². The normalized spacial score (nSPS) is 17.4. The zero-order chi connectivity index (χ0) is 22.2. The van der Waals surface area contributed by atoms with Gasteiger partial charge in [-0.25, -0.2) is 0 Å². The summed E-state index contributed by atoms with van der Waals surface area (Å²) in [5, 5.41) is 12.5. The second-order valence-corrected chi connectivity index (χ2v) is 8.87. The standard InChI is InChI=1S/C29H35NO2/c1-2-32-27-18-16-26(17-19-27)29(31,22-24-12-6-3-7-13-24)28(25-14-8-4-9-15-25)23-30-20-10-5-11-21-30/h3-4,6-9,12-19,28,31H,2,5,10-11,20-23H2,1H3/t28-,29+/m0/s1. The quantitative estimate of drug-likeness (QED) is 0.468. The minimum absolute atomic E-state index is 0.0417. The number of likely N-dealkylation sites (tertiary alicyclic amines) is 1. The monoisotopic (exact) mass is 429 g/mol. The van der Waals surface area contributed by atoms with Crippen LogP contribution in [0.5, 0.6) is 5.75 Å². The number of ether oxygens (including phenoxy) is 1. The van der Waals surface area contributed by atoms with Crippen molar-refractivity contribution < 1.29 is 9.84 Å². The van der Waals surface area contributed by atoms with E-state index < -0.39 is 5.60 Å². The highest BCUT2D eigenvalue weighted by molar-refractivity contribution is 5.37. The molecule has 0 bridgehead atoms. The van der Waals surface area contributed by atoms with E-state index in [0.29, 0.717) is 13.0 Å². The van der Waals surface area contributed by atoms with Crippen LogP contribution < -0.4 is 4.74 Å². The average molecular weight is 430 g/mol. The van der Waals surface area contributed by atoms with Gasteiger partial charge in [0.05, 0.1) is 6.61 Å². The van der Waals surface area contributed by atoms with E-state index in [1.165, 1.54) is 24.8 Å². The Bertz CT molecular complexity index is 936. The van der Waals surface area contributed by atoms with E-state index in [2.05, 4.69) is 59.5 Å². The van der Waals surface area contributed by atoms with Gasteiger partial charge < -0.3 is 14.7 Å². The molecule has 0 aromatic heterocycles. The SMILES string of the molecule is CCOc1ccc([C@](O)(Cc2ccccc2)[C@@H](CN2CCCCC2)c2ccccc2)cc1. The van der Waals surface area contributed by atoms with Crippen LogP contribution in [0.4, 0.5) is 0 Å². The Morgan fingerprint density at radius 2 is 1.47 bits per heavy atom. The summed E-state index contributed by atoms with van der Waals surface area (Å²) in [6.45, 7) is 5.68. The fourth-order valence-electron chi connectivity index (χ4n) is 4.96. The number of piperidine rings is 1. The Morgan fingerprint density at radius 1 is 0.844 bits per heavy atom. The van der Waals surface area contributed by atoms with Crippen LogP contribution in [0.1, 0.15) is 48.8 Å². The largest absolute Gasteiger partial charge is 0.494 e. The number of nitrogens with zero attached hydrogens (tertiary/aromatic N) is 1. The molecular formula is C29H35NO2. The van der Waals surface area contributed by atoms with Crippen molar-refractivity contribution in [2.75, 3.05) is 26.2 Å². The van der Waals surface area contributed by atoms with E-state index in [-0.39, 0.29) is 5.92 Å². The fourth-order valence-corrected chi connectivity index (χ4v) is 4.96. The van der Waals surface area contributed by atoms with Crippen LogP contribution in [0.3, 0.4) is 0 Å². The molecule has 168 valence electrons. The third-order valence-electron chi connectivity index (χ3n) is 6.65. The molecule has 3 nitrogen and oxygen atoms in total. The molecule has 3 heteroatoms. The molecule has 1 heterocycles. The van der Waals surface area contributed by atoms with Gasteiger partial charge in [-0.2, -0.15) is 0 Å². The third kappa shape index (κ3) is 5.40. The van der Waals surface area contributed by atoms with Gasteiger partial charge in [-0.1, -0.05) is 79.2 Å². The van der Waals surface area contributed by atoms with Gasteiger partial charge in [-0.05, 0) is 61.7 Å². The van der Waals surface area contributed by atoms with Crippen molar-refractivity contribution in [3.63, 3.8) is 0 Å². The predicted octanol–water partition coefficient (Wildman–Crippen LogP) is 5.79. The average Bonchev–Trinajstić information content (AvgIpc) is 2.85. The number of hydrogen-bond acceptors (Lipinski definition) is 3. The van der Waals surface area contributed by atoms with E-state index in [4.69, 9.17) is 4.74 Å². The zero-order valence-corrected chi connectivity index (χ0v) is 19.1. The minimum Gasteiger partial charge on any atom is -0.494 e. The first-order valence-electron chi connectivity index (χ1n) is 12.0. The first-order chi connectivity index (χ1) is 15.7. The topological polar surface area (TPSA) is 32.7 Å². The molecule has 0 aliphatic carbocycles. The molecule has 0 amide bonds. The fraction of sp³-hybridized carbons (Fsp3) is 0.379. The molecule has 3 aromatic rings. The van der Waals surface area contributed by atoms with Crippen molar-refractivity contribution in [2.24, 2.45) is 0 Å². The van der Waals surface area contributed by atoms with Gasteiger partial charge in [0.25, 0.3) is 0 Å². The van der Waals surface area contributed by atoms with Gasteiger partial charge in [0.1, 0.15) is 11.4 Å². The van der Waals surface area contributed by atoms with Crippen molar-refractivity contribution >= 4 is 0 Å². The Hall–Kier alpha value is -2.62. The second-order valence-electron chi connectivity index (χ2n) is 8.87. The first kappa shape index (κ1) is 22.6. The lowest BCUT2D eigenvalue weighted by Gasteiger charge is -2.41. The summed E-state index contributed by atoms with van der Waals surface area (Å²) in [6, 6.07) is 29.0. The molecule has 4 rings (SSSR count). The summed E-state index contributed by atoms with van der Waals surface area (Å²) in [7, 11) is 0. The lowest BCUT2D eigenvalue weighted by molar-refractivity contribution is -0.00677.